The minimum Gasteiger partial charge on any atom is -0.380 e. The van der Waals surface area contributed by atoms with Gasteiger partial charge in [0.05, 0.1) is 22.4 Å². The number of hydrogen-bond donors (Lipinski definition) is 1. The molecule has 0 radical (unpaired) electrons. The lowest BCUT2D eigenvalue weighted by molar-refractivity contribution is -0.103. The van der Waals surface area contributed by atoms with Gasteiger partial charge in [0.25, 0.3) is 0 Å². The average Bonchev–Trinajstić information content (AvgIpc) is 2.63. The number of nitrogens with zero attached hydrogens (tertiary/aromatic N) is 2. The lowest BCUT2D eigenvalue weighted by atomic mass is 9.78. The number of fused-ring (bicyclic) bond motifs is 1. The molecule has 1 atom stereocenters. The van der Waals surface area contributed by atoms with E-state index in [2.05, 4.69) is 16.4 Å². The number of rotatable bonds is 2. The van der Waals surface area contributed by atoms with E-state index in [1.807, 2.05) is 24.3 Å². The van der Waals surface area contributed by atoms with E-state index in [-0.39, 0.29) is 5.60 Å². The number of benzene rings is 1. The minimum atomic E-state index is 0.0593. The van der Waals surface area contributed by atoms with Crippen molar-refractivity contribution in [2.75, 3.05) is 11.9 Å². The summed E-state index contributed by atoms with van der Waals surface area (Å²) in [5.41, 5.74) is 2.54. The molecule has 1 saturated carbocycles. The maximum Gasteiger partial charge on any atom is 0.103 e. The predicted octanol–water partition coefficient (Wildman–Crippen LogP) is 4.40. The van der Waals surface area contributed by atoms with Gasteiger partial charge in [-0.15, -0.1) is 0 Å². The fraction of sp³-hybridized carbons (Fsp3) is 0.500. The average molecular weight is 321 g/mol. The highest BCUT2D eigenvalue weighted by Gasteiger charge is 2.38. The van der Waals surface area contributed by atoms with E-state index in [1.54, 1.807) is 6.20 Å². The molecule has 124 valence electrons. The highest BCUT2D eigenvalue weighted by atomic mass is 16.5. The second-order valence-electron chi connectivity index (χ2n) is 7.10. The van der Waals surface area contributed by atoms with Crippen LogP contribution in [-0.2, 0) is 4.74 Å². The molecule has 2 aromatic rings. The van der Waals surface area contributed by atoms with E-state index in [0.29, 0.717) is 11.6 Å². The number of nitriles is 1. The monoisotopic (exact) mass is 321 g/mol. The van der Waals surface area contributed by atoms with E-state index in [4.69, 9.17) is 4.74 Å². The number of aromatic nitrogens is 1. The van der Waals surface area contributed by atoms with Crippen molar-refractivity contribution in [3.63, 3.8) is 0 Å². The number of pyridine rings is 1. The SMILES string of the molecule is N#Cc1cnc2ccccc2c1NC1CCOC2(CCCCC2)C1. The minimum absolute atomic E-state index is 0.0593. The molecule has 0 amide bonds. The molecular formula is C20H23N3O. The van der Waals surface area contributed by atoms with E-state index in [1.165, 1.54) is 32.1 Å². The van der Waals surface area contributed by atoms with Crippen molar-refractivity contribution >= 4 is 16.6 Å². The van der Waals surface area contributed by atoms with Gasteiger partial charge in [0, 0.05) is 24.2 Å². The maximum absolute atomic E-state index is 9.49. The number of hydrogen-bond acceptors (Lipinski definition) is 4. The van der Waals surface area contributed by atoms with Crippen molar-refractivity contribution in [1.29, 1.82) is 5.26 Å². The van der Waals surface area contributed by atoms with Crippen LogP contribution in [0.25, 0.3) is 10.9 Å². The third-order valence-electron chi connectivity index (χ3n) is 5.50. The summed E-state index contributed by atoms with van der Waals surface area (Å²) in [5.74, 6) is 0. The molecule has 24 heavy (non-hydrogen) atoms. The molecule has 2 fully saturated rings. The highest BCUT2D eigenvalue weighted by molar-refractivity contribution is 5.93. The molecule has 1 saturated heterocycles. The summed E-state index contributed by atoms with van der Waals surface area (Å²) < 4.78 is 6.20. The van der Waals surface area contributed by atoms with Crippen molar-refractivity contribution in [2.45, 2.75) is 56.6 Å². The van der Waals surface area contributed by atoms with Crippen LogP contribution in [0.15, 0.2) is 30.5 Å². The van der Waals surface area contributed by atoms with Gasteiger partial charge in [-0.1, -0.05) is 37.5 Å². The first kappa shape index (κ1) is 15.4. The zero-order valence-corrected chi connectivity index (χ0v) is 13.9. The Labute approximate surface area is 142 Å². The molecule has 4 nitrogen and oxygen atoms in total. The Balaban J connectivity index is 1.63. The summed E-state index contributed by atoms with van der Waals surface area (Å²) in [6, 6.07) is 10.7. The predicted molar refractivity (Wildman–Crippen MR) is 94.9 cm³/mol. The Morgan fingerprint density at radius 3 is 2.88 bits per heavy atom. The Morgan fingerprint density at radius 1 is 1.21 bits per heavy atom. The molecule has 4 rings (SSSR count). The van der Waals surface area contributed by atoms with Crippen LogP contribution in [0.3, 0.4) is 0 Å². The quantitative estimate of drug-likeness (QED) is 0.890. The summed E-state index contributed by atoms with van der Waals surface area (Å²) in [4.78, 5) is 4.40. The van der Waals surface area contributed by atoms with Crippen LogP contribution in [0.2, 0.25) is 0 Å². The topological polar surface area (TPSA) is 57.9 Å². The van der Waals surface area contributed by atoms with E-state index < -0.39 is 0 Å². The second kappa shape index (κ2) is 6.41. The zero-order valence-electron chi connectivity index (χ0n) is 13.9. The summed E-state index contributed by atoms with van der Waals surface area (Å²) in [6.45, 7) is 0.808. The third kappa shape index (κ3) is 2.85. The molecule has 1 unspecified atom stereocenters. The standard InChI is InChI=1S/C20H23N3O/c21-13-15-14-22-18-7-3-2-6-17(18)19(15)23-16-8-11-24-20(12-16)9-4-1-5-10-20/h2-3,6-7,14,16H,1,4-5,8-12H2,(H,22,23). The maximum atomic E-state index is 9.49. The number of anilines is 1. The molecule has 1 N–H and O–H groups in total. The Morgan fingerprint density at radius 2 is 2.04 bits per heavy atom. The van der Waals surface area contributed by atoms with Gasteiger partial charge in [-0.3, -0.25) is 4.98 Å². The van der Waals surface area contributed by atoms with Gasteiger partial charge in [-0.25, -0.2) is 0 Å². The summed E-state index contributed by atoms with van der Waals surface area (Å²) in [7, 11) is 0. The molecular weight excluding hydrogens is 298 g/mol. The van der Waals surface area contributed by atoms with Gasteiger partial charge in [-0.05, 0) is 31.7 Å². The van der Waals surface area contributed by atoms with Crippen LogP contribution in [-0.4, -0.2) is 23.2 Å². The van der Waals surface area contributed by atoms with Crippen molar-refractivity contribution in [2.24, 2.45) is 0 Å². The number of para-hydroxylation sites is 1. The van der Waals surface area contributed by atoms with Crippen molar-refractivity contribution in [3.05, 3.63) is 36.0 Å². The van der Waals surface area contributed by atoms with Crippen LogP contribution in [0, 0.1) is 11.3 Å². The number of nitrogens with one attached hydrogen (secondary N) is 1. The van der Waals surface area contributed by atoms with Crippen LogP contribution in [0.5, 0.6) is 0 Å². The normalized spacial score (nSPS) is 23.0. The van der Waals surface area contributed by atoms with E-state index >= 15 is 0 Å². The largest absolute Gasteiger partial charge is 0.380 e. The molecule has 2 aliphatic rings. The Bertz CT molecular complexity index is 769. The molecule has 1 aromatic carbocycles. The van der Waals surface area contributed by atoms with Crippen molar-refractivity contribution in [1.82, 2.24) is 4.98 Å². The molecule has 1 spiro atoms. The first-order valence-electron chi connectivity index (χ1n) is 8.98. The smallest absolute Gasteiger partial charge is 0.103 e. The van der Waals surface area contributed by atoms with Gasteiger partial charge < -0.3 is 10.1 Å². The Hall–Kier alpha value is -2.12. The van der Waals surface area contributed by atoms with Crippen LogP contribution in [0.1, 0.15) is 50.5 Å². The first-order valence-corrected chi connectivity index (χ1v) is 8.98. The number of ether oxygens (including phenoxy) is 1. The second-order valence-corrected chi connectivity index (χ2v) is 7.10. The van der Waals surface area contributed by atoms with Crippen LogP contribution in [0.4, 0.5) is 5.69 Å². The van der Waals surface area contributed by atoms with Gasteiger partial charge in [0.2, 0.25) is 0 Å². The molecule has 1 aliphatic heterocycles. The molecule has 1 aliphatic carbocycles. The zero-order chi connectivity index (χ0) is 16.4. The third-order valence-corrected chi connectivity index (χ3v) is 5.50. The molecule has 0 bridgehead atoms. The summed E-state index contributed by atoms with van der Waals surface area (Å²) in [6.07, 6.45) is 9.93. The van der Waals surface area contributed by atoms with Gasteiger partial charge >= 0.3 is 0 Å². The molecule has 4 heteroatoms. The Kier molecular flexibility index (Phi) is 4.12. The van der Waals surface area contributed by atoms with Crippen molar-refractivity contribution in [3.8, 4) is 6.07 Å². The van der Waals surface area contributed by atoms with E-state index in [0.717, 1.165) is 36.0 Å². The summed E-state index contributed by atoms with van der Waals surface area (Å²) in [5, 5.41) is 14.2. The van der Waals surface area contributed by atoms with Gasteiger partial charge in [-0.2, -0.15) is 5.26 Å². The summed E-state index contributed by atoms with van der Waals surface area (Å²) >= 11 is 0. The van der Waals surface area contributed by atoms with Gasteiger partial charge in [0.15, 0.2) is 0 Å². The van der Waals surface area contributed by atoms with Crippen molar-refractivity contribution < 1.29 is 4.74 Å². The van der Waals surface area contributed by atoms with Crippen LogP contribution >= 0.6 is 0 Å². The van der Waals surface area contributed by atoms with Gasteiger partial charge in [0.1, 0.15) is 6.07 Å². The molecule has 1 aromatic heterocycles. The first-order chi connectivity index (χ1) is 11.8. The highest BCUT2D eigenvalue weighted by Crippen LogP contribution is 2.40. The fourth-order valence-electron chi connectivity index (χ4n) is 4.28. The lowest BCUT2D eigenvalue weighted by Gasteiger charge is -2.44. The lowest BCUT2D eigenvalue weighted by Crippen LogP contribution is -2.45. The van der Waals surface area contributed by atoms with E-state index in [9.17, 15) is 5.26 Å². The fourth-order valence-corrected chi connectivity index (χ4v) is 4.28. The van der Waals surface area contributed by atoms with Crippen LogP contribution < -0.4 is 5.32 Å². The molecule has 2 heterocycles.